The van der Waals surface area contributed by atoms with E-state index in [0.717, 1.165) is 42.1 Å². The van der Waals surface area contributed by atoms with Crippen LogP contribution < -0.4 is 5.73 Å². The molecule has 0 bridgehead atoms. The molecule has 0 aliphatic carbocycles. The minimum Gasteiger partial charge on any atom is -0.382 e. The Morgan fingerprint density at radius 1 is 1.09 bits per heavy atom. The molecule has 1 aliphatic heterocycles. The molecular formula is C26H26FN7O. The van der Waals surface area contributed by atoms with Gasteiger partial charge in [0.1, 0.15) is 30.0 Å². The van der Waals surface area contributed by atoms with E-state index in [1.54, 1.807) is 6.07 Å². The second-order valence-electron chi connectivity index (χ2n) is 8.83. The minimum absolute atomic E-state index is 0.195. The van der Waals surface area contributed by atoms with Gasteiger partial charge >= 0.3 is 0 Å². The maximum Gasteiger partial charge on any atom is 0.167 e. The SMILES string of the molecule is CCC(c1nc2ccc(F)cc2n1-c1ccccc1)c1nc2c(N)ncnc2n1[C@@H]1CCCCO1. The highest BCUT2D eigenvalue weighted by Crippen LogP contribution is 2.37. The van der Waals surface area contributed by atoms with Gasteiger partial charge < -0.3 is 10.5 Å². The van der Waals surface area contributed by atoms with Crippen molar-refractivity contribution < 1.29 is 9.13 Å². The van der Waals surface area contributed by atoms with Crippen LogP contribution in [-0.4, -0.2) is 35.7 Å². The van der Waals surface area contributed by atoms with Gasteiger partial charge in [0.15, 0.2) is 17.0 Å². The van der Waals surface area contributed by atoms with Gasteiger partial charge in [-0.2, -0.15) is 0 Å². The lowest BCUT2D eigenvalue weighted by Gasteiger charge is -2.27. The van der Waals surface area contributed by atoms with Gasteiger partial charge in [0, 0.05) is 18.4 Å². The van der Waals surface area contributed by atoms with E-state index in [4.69, 9.17) is 20.4 Å². The van der Waals surface area contributed by atoms with E-state index in [9.17, 15) is 4.39 Å². The van der Waals surface area contributed by atoms with Crippen LogP contribution >= 0.6 is 0 Å². The molecule has 5 aromatic rings. The van der Waals surface area contributed by atoms with Crippen LogP contribution in [0.3, 0.4) is 0 Å². The summed E-state index contributed by atoms with van der Waals surface area (Å²) in [7, 11) is 0. The Morgan fingerprint density at radius 2 is 1.94 bits per heavy atom. The van der Waals surface area contributed by atoms with Gasteiger partial charge in [-0.05, 0) is 49.9 Å². The van der Waals surface area contributed by atoms with Crippen LogP contribution in [-0.2, 0) is 4.74 Å². The summed E-state index contributed by atoms with van der Waals surface area (Å²) in [5, 5.41) is 0. The van der Waals surface area contributed by atoms with Crippen molar-refractivity contribution in [2.75, 3.05) is 12.3 Å². The molecule has 2 N–H and O–H groups in total. The second-order valence-corrected chi connectivity index (χ2v) is 8.83. The first kappa shape index (κ1) is 21.7. The molecule has 35 heavy (non-hydrogen) atoms. The minimum atomic E-state index is -0.305. The van der Waals surface area contributed by atoms with Gasteiger partial charge in [0.2, 0.25) is 0 Å². The third-order valence-corrected chi connectivity index (χ3v) is 6.66. The Labute approximate surface area is 201 Å². The number of benzene rings is 2. The number of nitrogens with zero attached hydrogens (tertiary/aromatic N) is 6. The molecule has 2 aromatic carbocycles. The number of rotatable bonds is 5. The standard InChI is InChI=1S/C26H26FN7O/c1-2-18(24-31-19-12-11-16(27)14-20(19)33(24)17-8-4-3-5-9-17)25-32-22-23(28)29-15-30-26(22)34(25)21-10-6-7-13-35-21/h3-5,8-9,11-12,14-15,18,21H,2,6-7,10,13H2,1H3,(H2,28,29,30)/t18?,21-/m0/s1. The molecule has 4 heterocycles. The average Bonchev–Trinajstić information content (AvgIpc) is 3.45. The largest absolute Gasteiger partial charge is 0.382 e. The molecule has 9 heteroatoms. The summed E-state index contributed by atoms with van der Waals surface area (Å²) in [4.78, 5) is 18.7. The molecule has 1 aliphatic rings. The van der Waals surface area contributed by atoms with Gasteiger partial charge in [-0.25, -0.2) is 24.3 Å². The van der Waals surface area contributed by atoms with Crippen LogP contribution in [0.4, 0.5) is 10.2 Å². The molecule has 1 saturated heterocycles. The normalized spacial score (nSPS) is 17.3. The van der Waals surface area contributed by atoms with Gasteiger partial charge in [-0.15, -0.1) is 0 Å². The summed E-state index contributed by atoms with van der Waals surface area (Å²) in [5.41, 5.74) is 9.77. The monoisotopic (exact) mass is 471 g/mol. The Bertz CT molecular complexity index is 1510. The number of anilines is 1. The van der Waals surface area contributed by atoms with Gasteiger partial charge in [0.05, 0.1) is 17.0 Å². The quantitative estimate of drug-likeness (QED) is 0.382. The fourth-order valence-corrected chi connectivity index (χ4v) is 5.03. The summed E-state index contributed by atoms with van der Waals surface area (Å²) in [6, 6.07) is 14.6. The smallest absolute Gasteiger partial charge is 0.167 e. The number of ether oxygens (including phenoxy) is 1. The van der Waals surface area contributed by atoms with Gasteiger partial charge in [0.25, 0.3) is 0 Å². The molecule has 1 fully saturated rings. The zero-order valence-corrected chi connectivity index (χ0v) is 19.4. The van der Waals surface area contributed by atoms with Crippen LogP contribution in [0.1, 0.15) is 56.4 Å². The van der Waals surface area contributed by atoms with E-state index in [-0.39, 0.29) is 18.0 Å². The summed E-state index contributed by atoms with van der Waals surface area (Å²) in [5.74, 6) is 1.36. The fourth-order valence-electron chi connectivity index (χ4n) is 5.03. The summed E-state index contributed by atoms with van der Waals surface area (Å²) in [6.07, 6.45) is 4.93. The lowest BCUT2D eigenvalue weighted by molar-refractivity contribution is -0.0317. The molecule has 0 amide bonds. The second kappa shape index (κ2) is 8.74. The zero-order chi connectivity index (χ0) is 23.9. The van der Waals surface area contributed by atoms with E-state index >= 15 is 0 Å². The predicted octanol–water partition coefficient (Wildman–Crippen LogP) is 5.13. The Balaban J connectivity index is 1.62. The van der Waals surface area contributed by atoms with Crippen molar-refractivity contribution in [3.05, 3.63) is 72.3 Å². The number of hydrogen-bond donors (Lipinski definition) is 1. The van der Waals surface area contributed by atoms with E-state index in [2.05, 4.69) is 21.5 Å². The maximum atomic E-state index is 14.3. The number of aromatic nitrogens is 6. The molecule has 3 aromatic heterocycles. The average molecular weight is 472 g/mol. The van der Waals surface area contributed by atoms with Crippen molar-refractivity contribution in [2.45, 2.75) is 44.8 Å². The number of nitrogen functional groups attached to an aromatic ring is 1. The van der Waals surface area contributed by atoms with Crippen molar-refractivity contribution >= 4 is 28.0 Å². The number of halogens is 1. The number of hydrogen-bond acceptors (Lipinski definition) is 6. The fraction of sp³-hybridized carbons (Fsp3) is 0.308. The van der Waals surface area contributed by atoms with E-state index in [1.165, 1.54) is 18.5 Å². The summed E-state index contributed by atoms with van der Waals surface area (Å²) in [6.45, 7) is 2.78. The molecule has 0 saturated carbocycles. The van der Waals surface area contributed by atoms with Crippen molar-refractivity contribution in [1.82, 2.24) is 29.1 Å². The summed E-state index contributed by atoms with van der Waals surface area (Å²) >= 11 is 0. The topological polar surface area (TPSA) is 96.7 Å². The Hall–Kier alpha value is -3.85. The third-order valence-electron chi connectivity index (χ3n) is 6.66. The van der Waals surface area contributed by atoms with Crippen molar-refractivity contribution in [1.29, 1.82) is 0 Å². The van der Waals surface area contributed by atoms with Gasteiger partial charge in [-0.1, -0.05) is 25.1 Å². The Kier molecular flexibility index (Phi) is 5.41. The van der Waals surface area contributed by atoms with Crippen LogP contribution in [0.25, 0.3) is 27.9 Å². The van der Waals surface area contributed by atoms with Gasteiger partial charge in [-0.3, -0.25) is 9.13 Å². The third kappa shape index (κ3) is 3.63. The highest BCUT2D eigenvalue weighted by atomic mass is 19.1. The number of fused-ring (bicyclic) bond motifs is 2. The number of nitrogens with two attached hydrogens (primary N) is 1. The molecule has 2 atom stereocenters. The highest BCUT2D eigenvalue weighted by molar-refractivity contribution is 5.82. The van der Waals surface area contributed by atoms with E-state index < -0.39 is 0 Å². The van der Waals surface area contributed by atoms with Crippen molar-refractivity contribution in [2.24, 2.45) is 0 Å². The molecule has 178 valence electrons. The molecule has 1 unspecified atom stereocenters. The summed E-state index contributed by atoms with van der Waals surface area (Å²) < 4.78 is 24.6. The van der Waals surface area contributed by atoms with Crippen LogP contribution in [0.5, 0.6) is 0 Å². The first-order valence-corrected chi connectivity index (χ1v) is 12.0. The number of para-hydroxylation sites is 1. The van der Waals surface area contributed by atoms with Crippen LogP contribution in [0.15, 0.2) is 54.9 Å². The van der Waals surface area contributed by atoms with Crippen molar-refractivity contribution in [3.8, 4) is 5.69 Å². The lowest BCUT2D eigenvalue weighted by Crippen LogP contribution is -2.23. The molecule has 0 radical (unpaired) electrons. The highest BCUT2D eigenvalue weighted by Gasteiger charge is 2.31. The molecule has 6 rings (SSSR count). The lowest BCUT2D eigenvalue weighted by atomic mass is 10.0. The zero-order valence-electron chi connectivity index (χ0n) is 19.4. The molecule has 8 nitrogen and oxygen atoms in total. The van der Waals surface area contributed by atoms with Crippen LogP contribution in [0, 0.1) is 5.82 Å². The molecule has 0 spiro atoms. The van der Waals surface area contributed by atoms with Crippen LogP contribution in [0.2, 0.25) is 0 Å². The van der Waals surface area contributed by atoms with E-state index in [0.29, 0.717) is 35.5 Å². The Morgan fingerprint density at radius 3 is 2.71 bits per heavy atom. The van der Waals surface area contributed by atoms with E-state index in [1.807, 2.05) is 34.9 Å². The number of imidazole rings is 2. The maximum absolute atomic E-state index is 14.3. The molecular weight excluding hydrogens is 445 g/mol. The van der Waals surface area contributed by atoms with Crippen molar-refractivity contribution in [3.63, 3.8) is 0 Å². The first-order valence-electron chi connectivity index (χ1n) is 12.0. The first-order chi connectivity index (χ1) is 17.2. The predicted molar refractivity (Wildman–Crippen MR) is 132 cm³/mol.